The van der Waals surface area contributed by atoms with Crippen LogP contribution in [0.2, 0.25) is 0 Å². The highest BCUT2D eigenvalue weighted by Crippen LogP contribution is 2.22. The third-order valence-corrected chi connectivity index (χ3v) is 12.1. The number of aromatic hydroxyl groups is 1. The summed E-state index contributed by atoms with van der Waals surface area (Å²) in [6, 6.07) is 5.71. The SMILES string of the molecule is CC[C@H](C)[C@@H](NC(=O)[C@H](Cc1ccc(O)cc1)NC(=O)[C@@H]1CCCN1C(=O)[C@H](CCCN=C(N)N)NC(=O)[C@H](CCCN=C(N)N)NC(=O)c1ccccc1[123I])C(=O)N[C@H](CC(C)C)C(=O)O. The lowest BCUT2D eigenvalue weighted by molar-refractivity contribution is -0.143. The molecule has 0 spiro atoms. The highest BCUT2D eigenvalue weighted by atomic mass is 123. The van der Waals surface area contributed by atoms with Gasteiger partial charge in [-0.25, -0.2) is 4.79 Å². The van der Waals surface area contributed by atoms with Crippen LogP contribution in [-0.4, -0.2) is 124 Å². The Labute approximate surface area is 404 Å². The van der Waals surface area contributed by atoms with E-state index in [9.17, 15) is 43.8 Å². The first kappa shape index (κ1) is 55.1. The molecule has 22 heteroatoms. The highest BCUT2D eigenvalue weighted by molar-refractivity contribution is 14.1. The first-order chi connectivity index (χ1) is 31.7. The number of phenolic OH excluding ortho intramolecular Hbond substituents is 1. The van der Waals surface area contributed by atoms with Gasteiger partial charge in [-0.05, 0) is 109 Å². The van der Waals surface area contributed by atoms with E-state index in [-0.39, 0.29) is 81.7 Å². The van der Waals surface area contributed by atoms with Gasteiger partial charge in [-0.15, -0.1) is 0 Å². The lowest BCUT2D eigenvalue weighted by Crippen LogP contribution is -2.60. The fourth-order valence-electron chi connectivity index (χ4n) is 7.45. The number of halogens is 1. The van der Waals surface area contributed by atoms with Crippen molar-refractivity contribution in [2.45, 2.75) is 122 Å². The van der Waals surface area contributed by atoms with Crippen LogP contribution in [0.3, 0.4) is 0 Å². The summed E-state index contributed by atoms with van der Waals surface area (Å²) in [5, 5.41) is 33.4. The van der Waals surface area contributed by atoms with Gasteiger partial charge in [0.15, 0.2) is 11.9 Å². The number of nitrogens with one attached hydrogen (secondary N) is 5. The van der Waals surface area contributed by atoms with E-state index in [2.05, 4.69) is 36.6 Å². The predicted octanol–water partition coefficient (Wildman–Crippen LogP) is 0.552. The zero-order valence-electron chi connectivity index (χ0n) is 38.5. The lowest BCUT2D eigenvalue weighted by atomic mass is 9.96. The number of carboxylic acid groups (broad SMARTS) is 1. The van der Waals surface area contributed by atoms with Crippen molar-refractivity contribution in [3.8, 4) is 5.75 Å². The molecule has 67 heavy (non-hydrogen) atoms. The predicted molar refractivity (Wildman–Crippen MR) is 261 cm³/mol. The van der Waals surface area contributed by atoms with Gasteiger partial charge in [0.25, 0.3) is 5.91 Å². The smallest absolute Gasteiger partial charge is 0.326 e. The quantitative estimate of drug-likeness (QED) is 0.0266. The molecule has 2 aromatic rings. The Kier molecular flexibility index (Phi) is 22.6. The Bertz CT molecular complexity index is 2080. The van der Waals surface area contributed by atoms with Crippen LogP contribution in [0.25, 0.3) is 0 Å². The highest BCUT2D eigenvalue weighted by Gasteiger charge is 2.40. The van der Waals surface area contributed by atoms with Crippen molar-refractivity contribution in [2.75, 3.05) is 19.6 Å². The number of phenols is 1. The summed E-state index contributed by atoms with van der Waals surface area (Å²) in [7, 11) is 0. The van der Waals surface area contributed by atoms with Gasteiger partial charge in [0, 0.05) is 29.6 Å². The molecule has 3 rings (SSSR count). The number of aliphatic imine (C=N–C) groups is 2. The Hall–Kier alpha value is -6.20. The van der Waals surface area contributed by atoms with Crippen molar-refractivity contribution in [2.24, 2.45) is 44.8 Å². The number of likely N-dealkylation sites (tertiary alicyclic amines) is 1. The van der Waals surface area contributed by atoms with Gasteiger partial charge >= 0.3 is 5.97 Å². The van der Waals surface area contributed by atoms with Crippen LogP contribution in [0.4, 0.5) is 0 Å². The maximum Gasteiger partial charge on any atom is 0.326 e. The molecule has 0 aromatic heterocycles. The molecule has 1 saturated heterocycles. The number of benzene rings is 2. The number of hydrogen-bond acceptors (Lipinski definition) is 10. The molecule has 6 amide bonds. The molecule has 1 fully saturated rings. The second-order valence-corrected chi connectivity index (χ2v) is 18.1. The summed E-state index contributed by atoms with van der Waals surface area (Å²) in [4.78, 5) is 106. The number of rotatable bonds is 26. The van der Waals surface area contributed by atoms with Crippen molar-refractivity contribution in [1.29, 1.82) is 0 Å². The van der Waals surface area contributed by atoms with Gasteiger partial charge < -0.3 is 64.6 Å². The van der Waals surface area contributed by atoms with Gasteiger partial charge in [0.2, 0.25) is 29.5 Å². The molecule has 0 radical (unpaired) electrons. The number of nitrogens with zero attached hydrogens (tertiary/aromatic N) is 3. The summed E-state index contributed by atoms with van der Waals surface area (Å²) in [6.07, 6.45) is 1.81. The maximum absolute atomic E-state index is 14.6. The summed E-state index contributed by atoms with van der Waals surface area (Å²) in [5.74, 6) is -5.95. The largest absolute Gasteiger partial charge is 0.508 e. The second-order valence-electron chi connectivity index (χ2n) is 17.0. The standard InChI is InChI=1S/C45H67IN12O9/c1-5-26(4)36(41(64)56-34(43(66)67)23-25(2)3)57-39(62)33(24-27-16-18-28(59)19-17-27)55-40(63)35-15-10-22-58(35)42(65)32(14-9-21-52-45(49)50)54-38(61)31(13-8-20-51-44(47)48)53-37(60)29-11-6-7-12-30(29)46/h6-7,11-12,16-19,25-26,31-36,59H,5,8-10,13-15,20-24H2,1-4H3,(H,53,60)(H,54,61)(H,55,63)(H,56,64)(H,57,62)(H,66,67)(H4,47,48,51)(H4,49,50,52)/t26-,31-,32-,33-,34+,35-,36+/m0/s1/i46-4. The van der Waals surface area contributed by atoms with Crippen LogP contribution in [0.15, 0.2) is 58.5 Å². The number of amides is 6. The minimum Gasteiger partial charge on any atom is -0.508 e. The van der Waals surface area contributed by atoms with E-state index >= 15 is 0 Å². The third kappa shape index (κ3) is 18.2. The van der Waals surface area contributed by atoms with Crippen molar-refractivity contribution in [1.82, 2.24) is 31.5 Å². The number of aliphatic carboxylic acids is 1. The molecule has 15 N–H and O–H groups in total. The van der Waals surface area contributed by atoms with Crippen molar-refractivity contribution in [3.05, 3.63) is 63.2 Å². The van der Waals surface area contributed by atoms with Crippen LogP contribution in [-0.2, 0) is 35.2 Å². The molecule has 0 bridgehead atoms. The average molecular weight is 1040 g/mol. The van der Waals surface area contributed by atoms with Gasteiger partial charge in [-0.3, -0.25) is 38.8 Å². The number of carbonyl (C=O) groups is 7. The summed E-state index contributed by atoms with van der Waals surface area (Å²) in [5.41, 5.74) is 23.0. The molecular formula is C45H67IN12O9. The van der Waals surface area contributed by atoms with E-state index in [0.29, 0.717) is 34.0 Å². The molecule has 21 nitrogen and oxygen atoms in total. The first-order valence-corrected chi connectivity index (χ1v) is 23.5. The summed E-state index contributed by atoms with van der Waals surface area (Å²) in [6.45, 7) is 7.61. The maximum atomic E-state index is 14.6. The van der Waals surface area contributed by atoms with E-state index in [0.717, 1.165) is 0 Å². The van der Waals surface area contributed by atoms with Gasteiger partial charge in [-0.2, -0.15) is 0 Å². The van der Waals surface area contributed by atoms with E-state index in [1.165, 1.54) is 17.0 Å². The fraction of sp³-hybridized carbons (Fsp3) is 0.533. The van der Waals surface area contributed by atoms with Gasteiger partial charge in [0.05, 0.1) is 5.56 Å². The Morgan fingerprint density at radius 3 is 1.91 bits per heavy atom. The topological polar surface area (TPSA) is 352 Å². The molecule has 368 valence electrons. The monoisotopic (exact) mass is 1040 g/mol. The lowest BCUT2D eigenvalue weighted by Gasteiger charge is -2.31. The molecule has 1 aliphatic rings. The minimum atomic E-state index is -1.30. The Morgan fingerprint density at radius 1 is 0.761 bits per heavy atom. The molecule has 0 aliphatic carbocycles. The van der Waals surface area contributed by atoms with Gasteiger partial charge in [0.1, 0.15) is 42.0 Å². The minimum absolute atomic E-state index is 0.0256. The van der Waals surface area contributed by atoms with Crippen molar-refractivity contribution < 1.29 is 43.8 Å². The summed E-state index contributed by atoms with van der Waals surface area (Å²) < 4.78 is 0.651. The fourth-order valence-corrected chi connectivity index (χ4v) is 8.08. The van der Waals surface area contributed by atoms with E-state index in [4.69, 9.17) is 22.9 Å². The molecule has 7 atom stereocenters. The molecule has 1 aliphatic heterocycles. The van der Waals surface area contributed by atoms with Crippen molar-refractivity contribution >= 4 is 75.9 Å². The molecule has 0 unspecified atom stereocenters. The van der Waals surface area contributed by atoms with Crippen LogP contribution in [0, 0.1) is 15.4 Å². The van der Waals surface area contributed by atoms with Crippen LogP contribution in [0.1, 0.15) is 95.0 Å². The molecule has 2 aromatic carbocycles. The van der Waals surface area contributed by atoms with Crippen LogP contribution >= 0.6 is 22.6 Å². The van der Waals surface area contributed by atoms with Crippen molar-refractivity contribution in [3.63, 3.8) is 0 Å². The van der Waals surface area contributed by atoms with E-state index in [1.54, 1.807) is 43.3 Å². The number of carbonyl (C=O) groups excluding carboxylic acids is 6. The van der Waals surface area contributed by atoms with Crippen LogP contribution < -0.4 is 49.5 Å². The van der Waals surface area contributed by atoms with E-state index < -0.39 is 83.6 Å². The normalized spacial score (nSPS) is 16.0. The van der Waals surface area contributed by atoms with Crippen LogP contribution in [0.5, 0.6) is 5.75 Å². The number of carboxylic acids is 1. The van der Waals surface area contributed by atoms with Gasteiger partial charge in [-0.1, -0.05) is 58.4 Å². The zero-order valence-corrected chi connectivity index (χ0v) is 40.7. The number of hydrogen-bond donors (Lipinski definition) is 11. The summed E-state index contributed by atoms with van der Waals surface area (Å²) >= 11 is 2.02. The number of guanidine groups is 2. The average Bonchev–Trinajstić information content (AvgIpc) is 3.77. The molecule has 0 saturated carbocycles. The zero-order chi connectivity index (χ0) is 49.8. The Balaban J connectivity index is 1.93. The Morgan fingerprint density at radius 2 is 1.34 bits per heavy atom. The second kappa shape index (κ2) is 27.4. The number of nitrogens with two attached hydrogens (primary N) is 4. The first-order valence-electron chi connectivity index (χ1n) is 22.4. The molecule has 1 heterocycles. The third-order valence-electron chi connectivity index (χ3n) is 11.2. The van der Waals surface area contributed by atoms with E-state index in [1.807, 2.05) is 43.4 Å². The molecular weight excluding hydrogens is 975 g/mol.